The Morgan fingerprint density at radius 1 is 1.50 bits per heavy atom. The Balaban J connectivity index is 2.32. The number of hydrogen-bond acceptors (Lipinski definition) is 1. The second-order valence-corrected chi connectivity index (χ2v) is 1.24. The highest BCUT2D eigenvalue weighted by atomic mass is 14.3. The van der Waals surface area contributed by atoms with Crippen molar-refractivity contribution in [3.63, 3.8) is 0 Å². The molecule has 0 saturated heterocycles. The molecule has 0 spiro atoms. The predicted octanol–water partition coefficient (Wildman–Crippen LogP) is -2.80. The second kappa shape index (κ2) is 1.47. The van der Waals surface area contributed by atoms with E-state index in [9.17, 15) is 0 Å². The van der Waals surface area contributed by atoms with Crippen LogP contribution in [-0.4, -0.2) is 22.1 Å². The molecule has 0 heterocycles. The van der Waals surface area contributed by atoms with Crippen molar-refractivity contribution in [1.29, 1.82) is 0 Å². The van der Waals surface area contributed by atoms with E-state index in [4.69, 9.17) is 5.64 Å². The molecule has 0 aromatic rings. The van der Waals surface area contributed by atoms with E-state index in [0.717, 1.165) is 0 Å². The molecule has 20 valence electrons. The van der Waals surface area contributed by atoms with Gasteiger partial charge < -0.3 is 5.64 Å². The molecule has 0 atom stereocenters. The van der Waals surface area contributed by atoms with E-state index < -0.39 is 0 Å². The van der Waals surface area contributed by atoms with Crippen molar-refractivity contribution >= 4 is 22.1 Å². The van der Waals surface area contributed by atoms with E-state index >= 15 is 0 Å². The lowest BCUT2D eigenvalue weighted by molar-refractivity contribution is 1.96. The van der Waals surface area contributed by atoms with Gasteiger partial charge >= 0.3 is 0 Å². The molecule has 0 aliphatic rings. The molecule has 0 aromatic carbocycles. The van der Waals surface area contributed by atoms with Crippen LogP contribution < -0.4 is 5.64 Å². The third kappa shape index (κ3) is 120. The van der Waals surface area contributed by atoms with Gasteiger partial charge in [-0.3, -0.25) is 0 Å². The number of nitrogens with two attached hydrogens (primary N) is 1. The molecule has 0 fully saturated rings. The van der Waals surface area contributed by atoms with Crippen LogP contribution in [0.4, 0.5) is 0 Å². The third-order valence-corrected chi connectivity index (χ3v) is 0. The summed E-state index contributed by atoms with van der Waals surface area (Å²) < 4.78 is 0. The Bertz CT molecular complexity index is 8.00. The largest absolute Gasteiger partial charge is 0.383 e. The topological polar surface area (TPSA) is 26.0 Å². The molecule has 0 unspecified atom stereocenters. The molecule has 0 saturated carbocycles. The lowest BCUT2D eigenvalue weighted by Gasteiger charge is -1.72. The van der Waals surface area contributed by atoms with Crippen LogP contribution in [0.5, 0.6) is 0 Å². The van der Waals surface area contributed by atoms with Gasteiger partial charge in [-0.1, -0.05) is 0 Å². The third-order valence-electron chi connectivity index (χ3n) is 0. The fraction of sp³-hybridized carbons (Fsp3) is 0. The molecule has 4 heavy (non-hydrogen) atoms. The number of hydrogen-bond donors (Lipinski definition) is 1. The van der Waals surface area contributed by atoms with Gasteiger partial charge in [-0.15, -0.1) is 0 Å². The van der Waals surface area contributed by atoms with E-state index in [0.29, 0.717) is 6.63 Å². The zero-order valence-electron chi connectivity index (χ0n) is 3.15. The Morgan fingerprint density at radius 3 is 1.50 bits per heavy atom. The Morgan fingerprint density at radius 2 is 1.50 bits per heavy atom. The summed E-state index contributed by atoms with van der Waals surface area (Å²) in [5.74, 6) is 0. The van der Waals surface area contributed by atoms with Crippen molar-refractivity contribution in [2.45, 2.75) is 0 Å². The van der Waals surface area contributed by atoms with E-state index in [1.807, 2.05) is 15.5 Å². The Labute approximate surface area is 28.8 Å². The standard InChI is InChI=1S/B3H6N/c1-3(2)4/h1-2,4H2. The van der Waals surface area contributed by atoms with Crippen molar-refractivity contribution in [3.8, 4) is 0 Å². The van der Waals surface area contributed by atoms with Gasteiger partial charge in [0, 0.05) is 0 Å². The molecular weight excluding hydrogens is 46.4 g/mol. The van der Waals surface area contributed by atoms with Gasteiger partial charge in [-0.05, 0) is 0 Å². The van der Waals surface area contributed by atoms with Crippen LogP contribution >= 0.6 is 0 Å². The molecule has 0 aromatic heterocycles. The van der Waals surface area contributed by atoms with Crippen molar-refractivity contribution in [3.05, 3.63) is 0 Å². The van der Waals surface area contributed by atoms with Crippen molar-refractivity contribution < 1.29 is 0 Å². The highest BCUT2D eigenvalue weighted by Crippen LogP contribution is 1.27. The first-order chi connectivity index (χ1) is 1.73. The molecule has 0 amide bonds. The van der Waals surface area contributed by atoms with Gasteiger partial charge in [0.1, 0.15) is 6.63 Å². The van der Waals surface area contributed by atoms with Gasteiger partial charge in [0.15, 0.2) is 0 Å². The zero-order chi connectivity index (χ0) is 3.58. The highest BCUT2D eigenvalue weighted by molar-refractivity contribution is 7.27. The van der Waals surface area contributed by atoms with E-state index in [1.165, 1.54) is 0 Å². The lowest BCUT2D eigenvalue weighted by atomic mass is 9.29. The van der Waals surface area contributed by atoms with E-state index in [1.54, 1.807) is 0 Å². The highest BCUT2D eigenvalue weighted by Gasteiger charge is 1.78. The SMILES string of the molecule is BB(B)N. The maximum Gasteiger partial charge on any atom is 0.132 e. The molecule has 2 N–H and O–H groups in total. The van der Waals surface area contributed by atoms with E-state index in [2.05, 4.69) is 0 Å². The van der Waals surface area contributed by atoms with Gasteiger partial charge in [0.05, 0.1) is 15.5 Å². The first kappa shape index (κ1) is 4.15. The molecule has 0 aliphatic heterocycles. The minimum Gasteiger partial charge on any atom is -0.383 e. The number of rotatable bonds is 0. The van der Waals surface area contributed by atoms with Crippen LogP contribution in [0.25, 0.3) is 0 Å². The normalized spacial score (nSPS) is 6.25. The van der Waals surface area contributed by atoms with Crippen molar-refractivity contribution in [2.75, 3.05) is 0 Å². The van der Waals surface area contributed by atoms with Crippen LogP contribution in [0.1, 0.15) is 0 Å². The molecule has 4 heteroatoms. The summed E-state index contributed by atoms with van der Waals surface area (Å²) in [4.78, 5) is 0. The van der Waals surface area contributed by atoms with Gasteiger partial charge in [-0.25, -0.2) is 0 Å². The molecule has 0 rings (SSSR count). The molecule has 0 radical (unpaired) electrons. The molecule has 0 aliphatic carbocycles. The van der Waals surface area contributed by atoms with Gasteiger partial charge in [-0.2, -0.15) is 0 Å². The maximum absolute atomic E-state index is 5.11. The minimum atomic E-state index is 0.333. The summed E-state index contributed by atoms with van der Waals surface area (Å²) >= 11 is 0. The summed E-state index contributed by atoms with van der Waals surface area (Å²) in [6, 6.07) is 0. The van der Waals surface area contributed by atoms with Crippen molar-refractivity contribution in [2.24, 2.45) is 5.64 Å². The van der Waals surface area contributed by atoms with E-state index in [-0.39, 0.29) is 0 Å². The second-order valence-electron chi connectivity index (χ2n) is 1.24. The fourth-order valence-corrected chi connectivity index (χ4v) is 0. The van der Waals surface area contributed by atoms with Crippen LogP contribution in [-0.2, 0) is 0 Å². The predicted molar refractivity (Wildman–Crippen MR) is 27.0 cm³/mol. The van der Waals surface area contributed by atoms with Crippen LogP contribution in [0.15, 0.2) is 0 Å². The smallest absolute Gasteiger partial charge is 0.132 e. The Hall–Kier alpha value is 0.155. The average Bonchev–Trinajstić information content (AvgIpc) is 0.811. The van der Waals surface area contributed by atoms with Crippen LogP contribution in [0, 0.1) is 0 Å². The fourth-order valence-electron chi connectivity index (χ4n) is 0. The molecule has 1 nitrogen and oxygen atoms in total. The first-order valence-electron chi connectivity index (χ1n) is 1.49. The summed E-state index contributed by atoms with van der Waals surface area (Å²) in [5, 5.41) is 0. The zero-order valence-corrected chi connectivity index (χ0v) is 3.15. The van der Waals surface area contributed by atoms with Crippen molar-refractivity contribution in [1.82, 2.24) is 0 Å². The summed E-state index contributed by atoms with van der Waals surface area (Å²) in [7, 11) is 3.89. The molecule has 0 bridgehead atoms. The minimum absolute atomic E-state index is 0.333. The maximum atomic E-state index is 5.11. The Kier molecular flexibility index (Phi) is 1.53. The van der Waals surface area contributed by atoms with Gasteiger partial charge in [0.25, 0.3) is 0 Å². The monoisotopic (exact) mass is 53.1 g/mol. The summed E-state index contributed by atoms with van der Waals surface area (Å²) in [6.45, 7) is 0.333. The lowest BCUT2D eigenvalue weighted by Crippen LogP contribution is -2.25. The first-order valence-corrected chi connectivity index (χ1v) is 1.49. The summed E-state index contributed by atoms with van der Waals surface area (Å²) in [5.41, 5.74) is 5.11. The van der Waals surface area contributed by atoms with Gasteiger partial charge in [0.2, 0.25) is 0 Å². The van der Waals surface area contributed by atoms with Crippen LogP contribution in [0.3, 0.4) is 0 Å². The molecular formula is H6B3N. The quantitative estimate of drug-likeness (QED) is 0.296. The van der Waals surface area contributed by atoms with Crippen LogP contribution in [0.2, 0.25) is 0 Å². The summed E-state index contributed by atoms with van der Waals surface area (Å²) in [6.07, 6.45) is 0. The average molecular weight is 52.5 g/mol.